The minimum absolute atomic E-state index is 0.0660. The van der Waals surface area contributed by atoms with Gasteiger partial charge in [0.1, 0.15) is 0 Å². The monoisotopic (exact) mass is 326 g/mol. The predicted molar refractivity (Wildman–Crippen MR) is 94.0 cm³/mol. The summed E-state index contributed by atoms with van der Waals surface area (Å²) in [6.45, 7) is 4.28. The molecule has 126 valence electrons. The molecule has 0 aliphatic heterocycles. The van der Waals surface area contributed by atoms with Crippen molar-refractivity contribution >= 4 is 6.08 Å². The average Bonchev–Trinajstić information content (AvgIpc) is 2.57. The van der Waals surface area contributed by atoms with Crippen LogP contribution in [0.4, 0.5) is 0 Å². The lowest BCUT2D eigenvalue weighted by Gasteiger charge is -2.32. The van der Waals surface area contributed by atoms with Crippen LogP contribution in [0.1, 0.15) is 36.5 Å². The molecule has 2 N–H and O–H groups in total. The van der Waals surface area contributed by atoms with Crippen molar-refractivity contribution in [3.05, 3.63) is 52.6 Å². The van der Waals surface area contributed by atoms with Crippen LogP contribution in [0.2, 0.25) is 0 Å². The van der Waals surface area contributed by atoms with Crippen molar-refractivity contribution in [3.8, 4) is 23.0 Å². The number of phenols is 2. The first kappa shape index (κ1) is 16.2. The van der Waals surface area contributed by atoms with Gasteiger partial charge in [-0.2, -0.15) is 0 Å². The van der Waals surface area contributed by atoms with Gasteiger partial charge in [0.25, 0.3) is 0 Å². The largest absolute Gasteiger partial charge is 0.504 e. The Labute approximate surface area is 142 Å². The van der Waals surface area contributed by atoms with Crippen LogP contribution < -0.4 is 9.47 Å². The van der Waals surface area contributed by atoms with Crippen molar-refractivity contribution in [2.24, 2.45) is 5.92 Å². The van der Waals surface area contributed by atoms with E-state index < -0.39 is 0 Å². The maximum atomic E-state index is 10.2. The van der Waals surface area contributed by atoms with Crippen LogP contribution in [0.25, 0.3) is 6.08 Å². The molecule has 2 atom stereocenters. The zero-order valence-corrected chi connectivity index (χ0v) is 14.3. The number of hydrogen-bond donors (Lipinski definition) is 2. The van der Waals surface area contributed by atoms with Crippen LogP contribution in [0.3, 0.4) is 0 Å². The number of ether oxygens (including phenoxy) is 2. The molecule has 3 rings (SSSR count). The van der Waals surface area contributed by atoms with E-state index >= 15 is 0 Å². The minimum atomic E-state index is 0.0660. The summed E-state index contributed by atoms with van der Waals surface area (Å²) in [6.07, 6.45) is 2.14. The molecule has 2 aromatic rings. The molecule has 0 bridgehead atoms. The highest BCUT2D eigenvalue weighted by Gasteiger charge is 2.30. The second kappa shape index (κ2) is 6.11. The summed E-state index contributed by atoms with van der Waals surface area (Å²) in [5.41, 5.74) is 4.37. The Morgan fingerprint density at radius 3 is 2.25 bits per heavy atom. The number of phenolic OH excluding ortho intramolecular Hbond substituents is 2. The van der Waals surface area contributed by atoms with E-state index in [0.29, 0.717) is 11.5 Å². The second-order valence-electron chi connectivity index (χ2n) is 6.24. The Balaban J connectivity index is 2.19. The van der Waals surface area contributed by atoms with Gasteiger partial charge in [0, 0.05) is 5.92 Å². The highest BCUT2D eigenvalue weighted by molar-refractivity contribution is 5.67. The molecule has 0 aromatic heterocycles. The number of methoxy groups -OCH3 is 2. The zero-order valence-electron chi connectivity index (χ0n) is 14.3. The summed E-state index contributed by atoms with van der Waals surface area (Å²) >= 11 is 0. The first-order valence-corrected chi connectivity index (χ1v) is 7.92. The molecule has 0 saturated carbocycles. The second-order valence-corrected chi connectivity index (χ2v) is 6.24. The summed E-state index contributed by atoms with van der Waals surface area (Å²) in [6, 6.07) is 9.06. The van der Waals surface area contributed by atoms with E-state index in [4.69, 9.17) is 9.47 Å². The van der Waals surface area contributed by atoms with Gasteiger partial charge in [-0.1, -0.05) is 24.6 Å². The van der Waals surface area contributed by atoms with Crippen LogP contribution >= 0.6 is 0 Å². The predicted octanol–water partition coefficient (Wildman–Crippen LogP) is 4.30. The van der Waals surface area contributed by atoms with E-state index in [1.165, 1.54) is 5.57 Å². The maximum Gasteiger partial charge on any atom is 0.161 e. The molecule has 0 spiro atoms. The van der Waals surface area contributed by atoms with Crippen molar-refractivity contribution in [3.63, 3.8) is 0 Å². The van der Waals surface area contributed by atoms with Gasteiger partial charge in [-0.25, -0.2) is 0 Å². The first-order chi connectivity index (χ1) is 11.5. The van der Waals surface area contributed by atoms with Crippen molar-refractivity contribution in [1.29, 1.82) is 0 Å². The number of rotatable bonds is 3. The number of aromatic hydroxyl groups is 2. The van der Waals surface area contributed by atoms with Crippen LogP contribution in [0.15, 0.2) is 35.9 Å². The highest BCUT2D eigenvalue weighted by Crippen LogP contribution is 2.46. The molecule has 0 heterocycles. The molecule has 0 radical (unpaired) electrons. The zero-order chi connectivity index (χ0) is 17.4. The molecule has 4 nitrogen and oxygen atoms in total. The number of allylic oxidation sites excluding steroid dienone is 1. The maximum absolute atomic E-state index is 10.2. The van der Waals surface area contributed by atoms with Gasteiger partial charge in [0.2, 0.25) is 0 Å². The van der Waals surface area contributed by atoms with Crippen molar-refractivity contribution in [2.75, 3.05) is 14.2 Å². The van der Waals surface area contributed by atoms with Gasteiger partial charge in [0.15, 0.2) is 23.0 Å². The summed E-state index contributed by atoms with van der Waals surface area (Å²) in [5, 5.41) is 20.1. The molecular formula is C20H22O4. The van der Waals surface area contributed by atoms with Gasteiger partial charge >= 0.3 is 0 Å². The molecule has 0 unspecified atom stereocenters. The summed E-state index contributed by atoms with van der Waals surface area (Å²) < 4.78 is 10.5. The molecule has 4 heteroatoms. The fraction of sp³-hybridized carbons (Fsp3) is 0.300. The third-order valence-corrected chi connectivity index (χ3v) is 4.88. The summed E-state index contributed by atoms with van der Waals surface area (Å²) in [4.78, 5) is 0. The van der Waals surface area contributed by atoms with E-state index in [9.17, 15) is 10.2 Å². The number of benzene rings is 2. The molecule has 0 saturated heterocycles. The lowest BCUT2D eigenvalue weighted by molar-refractivity contribution is 0.371. The fourth-order valence-electron chi connectivity index (χ4n) is 3.42. The average molecular weight is 326 g/mol. The summed E-state index contributed by atoms with van der Waals surface area (Å²) in [5.74, 6) is 1.50. The standard InChI is InChI=1S/C20H22O4/c1-11-7-14-9-19(24-4)17(22)10-15(14)20(12(11)2)13-5-6-16(21)18(8-13)23-3/h5-10,12,20-22H,1-4H3/t12-,20-/m0/s1. The van der Waals surface area contributed by atoms with Gasteiger partial charge < -0.3 is 19.7 Å². The van der Waals surface area contributed by atoms with Gasteiger partial charge in [0.05, 0.1) is 14.2 Å². The Morgan fingerprint density at radius 1 is 0.917 bits per heavy atom. The molecule has 2 aromatic carbocycles. The van der Waals surface area contributed by atoms with Gasteiger partial charge in [-0.3, -0.25) is 0 Å². The number of fused-ring (bicyclic) bond motifs is 1. The normalized spacial score (nSPS) is 19.4. The Kier molecular flexibility index (Phi) is 4.14. The van der Waals surface area contributed by atoms with Crippen LogP contribution in [0, 0.1) is 5.92 Å². The smallest absolute Gasteiger partial charge is 0.161 e. The lowest BCUT2D eigenvalue weighted by atomic mass is 9.72. The van der Waals surface area contributed by atoms with E-state index in [0.717, 1.165) is 16.7 Å². The molecule has 1 aliphatic carbocycles. The molecule has 0 amide bonds. The van der Waals surface area contributed by atoms with E-state index in [2.05, 4.69) is 19.9 Å². The number of hydrogen-bond acceptors (Lipinski definition) is 4. The lowest BCUT2D eigenvalue weighted by Crippen LogP contribution is -2.17. The van der Waals surface area contributed by atoms with Crippen LogP contribution in [0.5, 0.6) is 23.0 Å². The molecular weight excluding hydrogens is 304 g/mol. The first-order valence-electron chi connectivity index (χ1n) is 7.92. The minimum Gasteiger partial charge on any atom is -0.504 e. The molecule has 0 fully saturated rings. The Morgan fingerprint density at radius 2 is 1.58 bits per heavy atom. The fourth-order valence-corrected chi connectivity index (χ4v) is 3.42. The third-order valence-electron chi connectivity index (χ3n) is 4.88. The quantitative estimate of drug-likeness (QED) is 0.883. The van der Waals surface area contributed by atoms with Crippen LogP contribution in [-0.4, -0.2) is 24.4 Å². The van der Waals surface area contributed by atoms with Crippen LogP contribution in [-0.2, 0) is 0 Å². The van der Waals surface area contributed by atoms with Gasteiger partial charge in [-0.05, 0) is 53.8 Å². The van der Waals surface area contributed by atoms with Gasteiger partial charge in [-0.15, -0.1) is 0 Å². The van der Waals surface area contributed by atoms with Crippen molar-refractivity contribution in [2.45, 2.75) is 19.8 Å². The topological polar surface area (TPSA) is 58.9 Å². The Hall–Kier alpha value is -2.62. The molecule has 24 heavy (non-hydrogen) atoms. The van der Waals surface area contributed by atoms with E-state index in [1.807, 2.05) is 18.2 Å². The highest BCUT2D eigenvalue weighted by atomic mass is 16.5. The van der Waals surface area contributed by atoms with Crippen molar-refractivity contribution in [1.82, 2.24) is 0 Å². The molecule has 1 aliphatic rings. The SMILES string of the molecule is COc1cc([C@H]2c3cc(O)c(OC)cc3C=C(C)[C@@H]2C)ccc1O. The van der Waals surface area contributed by atoms with E-state index in [-0.39, 0.29) is 23.3 Å². The van der Waals surface area contributed by atoms with Crippen molar-refractivity contribution < 1.29 is 19.7 Å². The Bertz CT molecular complexity index is 808. The third kappa shape index (κ3) is 2.58. The summed E-state index contributed by atoms with van der Waals surface area (Å²) in [7, 11) is 3.09. The van der Waals surface area contributed by atoms with E-state index in [1.54, 1.807) is 26.4 Å².